The van der Waals surface area contributed by atoms with Crippen LogP contribution in [0.1, 0.15) is 32.6 Å². The number of rotatable bonds is 5. The topological polar surface area (TPSA) is 81.8 Å². The summed E-state index contributed by atoms with van der Waals surface area (Å²) in [6, 6.07) is 2.20. The van der Waals surface area contributed by atoms with Gasteiger partial charge in [0.15, 0.2) is 0 Å². The van der Waals surface area contributed by atoms with Gasteiger partial charge in [0.05, 0.1) is 0 Å². The highest BCUT2D eigenvalue weighted by Gasteiger charge is 2.37. The number of carbonyl (C=O) groups excluding carboxylic acids is 3. The maximum absolute atomic E-state index is 14.0. The van der Waals surface area contributed by atoms with Gasteiger partial charge in [-0.2, -0.15) is 0 Å². The summed E-state index contributed by atoms with van der Waals surface area (Å²) in [5, 5.41) is 5.54. The normalized spacial score (nSPS) is 20.1. The van der Waals surface area contributed by atoms with Crippen molar-refractivity contribution in [3.05, 3.63) is 29.8 Å². The van der Waals surface area contributed by atoms with Gasteiger partial charge in [-0.25, -0.2) is 13.6 Å². The van der Waals surface area contributed by atoms with Gasteiger partial charge in [-0.3, -0.25) is 9.59 Å². The maximum Gasteiger partial charge on any atom is 0.318 e. The van der Waals surface area contributed by atoms with Crippen LogP contribution < -0.4 is 15.5 Å². The number of amides is 4. The second kappa shape index (κ2) is 9.19. The summed E-state index contributed by atoms with van der Waals surface area (Å²) in [5.41, 5.74) is -0.381. The lowest BCUT2D eigenvalue weighted by molar-refractivity contribution is -0.126. The Bertz CT molecular complexity index is 761. The van der Waals surface area contributed by atoms with Crippen molar-refractivity contribution in [2.45, 2.75) is 38.6 Å². The predicted octanol–water partition coefficient (Wildman–Crippen LogP) is 2.02. The van der Waals surface area contributed by atoms with Crippen LogP contribution in [0.15, 0.2) is 18.2 Å². The maximum atomic E-state index is 14.0. The minimum atomic E-state index is -0.827. The third kappa shape index (κ3) is 4.65. The Morgan fingerprint density at radius 2 is 1.76 bits per heavy atom. The molecule has 29 heavy (non-hydrogen) atoms. The van der Waals surface area contributed by atoms with Crippen LogP contribution in [0.5, 0.6) is 0 Å². The van der Waals surface area contributed by atoms with E-state index in [2.05, 4.69) is 10.6 Å². The summed E-state index contributed by atoms with van der Waals surface area (Å²) in [6.07, 6.45) is 2.27. The molecule has 2 heterocycles. The summed E-state index contributed by atoms with van der Waals surface area (Å²) in [6.45, 7) is 3.59. The molecule has 2 aliphatic heterocycles. The second-order valence-corrected chi connectivity index (χ2v) is 7.40. The zero-order chi connectivity index (χ0) is 21.0. The molecule has 4 amide bonds. The van der Waals surface area contributed by atoms with Crippen molar-refractivity contribution in [2.75, 3.05) is 31.1 Å². The van der Waals surface area contributed by atoms with Gasteiger partial charge >= 0.3 is 6.03 Å². The number of urea groups is 1. The number of hydrogen-bond acceptors (Lipinski definition) is 3. The van der Waals surface area contributed by atoms with Crippen molar-refractivity contribution in [3.8, 4) is 0 Å². The van der Waals surface area contributed by atoms with E-state index in [1.807, 2.05) is 6.92 Å². The van der Waals surface area contributed by atoms with Crippen LogP contribution >= 0.6 is 0 Å². The molecule has 0 spiro atoms. The fourth-order valence-corrected chi connectivity index (χ4v) is 3.76. The van der Waals surface area contributed by atoms with Crippen molar-refractivity contribution in [1.82, 2.24) is 15.5 Å². The number of piperidine rings is 1. The largest absolute Gasteiger partial charge is 0.356 e. The quantitative estimate of drug-likeness (QED) is 0.782. The molecule has 2 aliphatic rings. The number of para-hydroxylation sites is 1. The molecule has 1 aromatic carbocycles. The summed E-state index contributed by atoms with van der Waals surface area (Å²) in [4.78, 5) is 39.8. The third-order valence-electron chi connectivity index (χ3n) is 5.41. The monoisotopic (exact) mass is 408 g/mol. The molecule has 0 radical (unpaired) electrons. The zero-order valence-electron chi connectivity index (χ0n) is 16.4. The van der Waals surface area contributed by atoms with Crippen molar-refractivity contribution in [1.29, 1.82) is 0 Å². The van der Waals surface area contributed by atoms with Gasteiger partial charge in [0.25, 0.3) is 0 Å². The Kier molecular flexibility index (Phi) is 6.66. The first-order chi connectivity index (χ1) is 13.9. The number of nitrogens with zero attached hydrogens (tertiary/aromatic N) is 2. The number of carbonyl (C=O) groups is 3. The van der Waals surface area contributed by atoms with Crippen LogP contribution in [0.2, 0.25) is 0 Å². The van der Waals surface area contributed by atoms with Crippen LogP contribution in [0.4, 0.5) is 19.3 Å². The van der Waals surface area contributed by atoms with Gasteiger partial charge in [-0.05, 0) is 37.8 Å². The Morgan fingerprint density at radius 3 is 2.38 bits per heavy atom. The van der Waals surface area contributed by atoms with E-state index in [0.29, 0.717) is 32.5 Å². The number of benzene rings is 1. The van der Waals surface area contributed by atoms with E-state index in [9.17, 15) is 23.2 Å². The Balaban J connectivity index is 1.53. The average molecular weight is 408 g/mol. The number of hydrogen-bond donors (Lipinski definition) is 2. The van der Waals surface area contributed by atoms with E-state index >= 15 is 0 Å². The first-order valence-electron chi connectivity index (χ1n) is 10.0. The number of nitrogens with one attached hydrogen (secondary N) is 2. The van der Waals surface area contributed by atoms with Gasteiger partial charge in [0, 0.05) is 32.1 Å². The molecule has 0 aliphatic carbocycles. The lowest BCUT2D eigenvalue weighted by Gasteiger charge is -2.32. The van der Waals surface area contributed by atoms with E-state index in [-0.39, 0.29) is 30.5 Å². The SMILES string of the molecule is CCCNC(=O)C1CCN(C(=O)NC2CCN(c3c(F)cccc3F)C2=O)CC1. The van der Waals surface area contributed by atoms with Crippen LogP contribution in [0.25, 0.3) is 0 Å². The molecule has 1 aromatic rings. The number of anilines is 1. The Morgan fingerprint density at radius 1 is 1.10 bits per heavy atom. The molecular formula is C20H26F2N4O3. The number of likely N-dealkylation sites (tertiary alicyclic amines) is 1. The molecule has 0 aromatic heterocycles. The zero-order valence-corrected chi connectivity index (χ0v) is 16.4. The van der Waals surface area contributed by atoms with Crippen LogP contribution in [-0.4, -0.2) is 55.0 Å². The highest BCUT2D eigenvalue weighted by Crippen LogP contribution is 2.28. The standard InChI is InChI=1S/C20H26F2N4O3/c1-2-9-23-18(27)13-6-10-25(11-7-13)20(29)24-16-8-12-26(19(16)28)17-14(21)4-3-5-15(17)22/h3-5,13,16H,2,6-12H2,1H3,(H,23,27)(H,24,29). The minimum absolute atomic E-state index is 0.0143. The second-order valence-electron chi connectivity index (χ2n) is 7.40. The molecule has 0 bridgehead atoms. The first-order valence-corrected chi connectivity index (χ1v) is 10.0. The van der Waals surface area contributed by atoms with E-state index in [1.54, 1.807) is 4.90 Å². The van der Waals surface area contributed by atoms with Crippen molar-refractivity contribution < 1.29 is 23.2 Å². The predicted molar refractivity (Wildman–Crippen MR) is 103 cm³/mol. The van der Waals surface area contributed by atoms with Gasteiger partial charge in [-0.15, -0.1) is 0 Å². The third-order valence-corrected chi connectivity index (χ3v) is 5.41. The van der Waals surface area contributed by atoms with Crippen LogP contribution in [0.3, 0.4) is 0 Å². The molecule has 0 saturated carbocycles. The van der Waals surface area contributed by atoms with Crippen molar-refractivity contribution >= 4 is 23.5 Å². The number of halogens is 2. The molecular weight excluding hydrogens is 382 g/mol. The van der Waals surface area contributed by atoms with Crippen LogP contribution in [0, 0.1) is 17.6 Å². The van der Waals surface area contributed by atoms with Crippen molar-refractivity contribution in [2.24, 2.45) is 5.92 Å². The van der Waals surface area contributed by atoms with Crippen LogP contribution in [-0.2, 0) is 9.59 Å². The fraction of sp³-hybridized carbons (Fsp3) is 0.550. The Labute approximate surface area is 168 Å². The highest BCUT2D eigenvalue weighted by atomic mass is 19.1. The Hall–Kier alpha value is -2.71. The van der Waals surface area contributed by atoms with Gasteiger partial charge < -0.3 is 20.4 Å². The molecule has 3 rings (SSSR count). The first kappa shape index (κ1) is 21.0. The molecule has 7 nitrogen and oxygen atoms in total. The molecule has 2 fully saturated rings. The van der Waals surface area contributed by atoms with Gasteiger partial charge in [-0.1, -0.05) is 13.0 Å². The molecule has 158 valence electrons. The van der Waals surface area contributed by atoms with E-state index in [0.717, 1.165) is 23.5 Å². The van der Waals surface area contributed by atoms with Gasteiger partial charge in [0.2, 0.25) is 11.8 Å². The summed E-state index contributed by atoms with van der Waals surface area (Å²) in [7, 11) is 0. The van der Waals surface area contributed by atoms with E-state index in [4.69, 9.17) is 0 Å². The summed E-state index contributed by atoms with van der Waals surface area (Å²) >= 11 is 0. The summed E-state index contributed by atoms with van der Waals surface area (Å²) in [5.74, 6) is -2.25. The highest BCUT2D eigenvalue weighted by molar-refractivity contribution is 6.01. The molecule has 2 N–H and O–H groups in total. The lowest BCUT2D eigenvalue weighted by Crippen LogP contribution is -2.51. The lowest BCUT2D eigenvalue weighted by atomic mass is 9.96. The molecule has 9 heteroatoms. The molecule has 2 saturated heterocycles. The molecule has 1 atom stereocenters. The summed E-state index contributed by atoms with van der Waals surface area (Å²) < 4.78 is 27.9. The smallest absolute Gasteiger partial charge is 0.318 e. The van der Waals surface area contributed by atoms with Crippen molar-refractivity contribution in [3.63, 3.8) is 0 Å². The average Bonchev–Trinajstić information content (AvgIpc) is 3.06. The fourth-order valence-electron chi connectivity index (χ4n) is 3.76. The molecule has 1 unspecified atom stereocenters. The van der Waals surface area contributed by atoms with E-state index in [1.165, 1.54) is 6.07 Å². The van der Waals surface area contributed by atoms with Gasteiger partial charge in [0.1, 0.15) is 23.4 Å². The minimum Gasteiger partial charge on any atom is -0.356 e. The van der Waals surface area contributed by atoms with E-state index < -0.39 is 29.6 Å².